The minimum absolute atomic E-state index is 0.323. The Morgan fingerprint density at radius 1 is 1.00 bits per heavy atom. The second-order valence-electron chi connectivity index (χ2n) is 3.09. The maximum absolute atomic E-state index is 11.4. The van der Waals surface area contributed by atoms with E-state index in [0.29, 0.717) is 14.6 Å². The fourth-order valence-corrected chi connectivity index (χ4v) is 3.90. The summed E-state index contributed by atoms with van der Waals surface area (Å²) in [5, 5.41) is 0. The van der Waals surface area contributed by atoms with Crippen LogP contribution in [0.15, 0.2) is 25.6 Å². The average Bonchev–Trinajstić information content (AvgIpc) is 2.09. The average molecular weight is 414 g/mol. The summed E-state index contributed by atoms with van der Waals surface area (Å²) in [6, 6.07) is 3.55. The Morgan fingerprint density at radius 2 is 1.38 bits per heavy atom. The van der Waals surface area contributed by atoms with Crippen molar-refractivity contribution in [1.29, 1.82) is 0 Å². The van der Waals surface area contributed by atoms with E-state index in [1.165, 1.54) is 13.8 Å². The van der Waals surface area contributed by atoms with Crippen molar-refractivity contribution in [2.45, 2.75) is 13.8 Å². The number of imide groups is 1. The molecule has 0 N–H and O–H groups in total. The molecule has 0 radical (unpaired) electrons. The van der Waals surface area contributed by atoms with Crippen molar-refractivity contribution in [3.05, 3.63) is 25.6 Å². The monoisotopic (exact) mass is 411 g/mol. The Balaban J connectivity index is 3.41. The van der Waals surface area contributed by atoms with Crippen LogP contribution in [0.2, 0.25) is 0 Å². The summed E-state index contributed by atoms with van der Waals surface area (Å²) in [5.41, 5.74) is 0.517. The summed E-state index contributed by atoms with van der Waals surface area (Å²) in [6.45, 7) is 2.70. The van der Waals surface area contributed by atoms with Crippen LogP contribution in [0.25, 0.3) is 0 Å². The molecule has 0 saturated carbocycles. The van der Waals surface area contributed by atoms with Crippen LogP contribution in [0, 0.1) is 0 Å². The van der Waals surface area contributed by atoms with E-state index in [1.807, 2.05) is 0 Å². The number of carbonyl (C=O) groups excluding carboxylic acids is 2. The molecule has 3 nitrogen and oxygen atoms in total. The number of hydrogen-bond donors (Lipinski definition) is 0. The molecule has 2 amide bonds. The van der Waals surface area contributed by atoms with Crippen molar-refractivity contribution in [2.75, 3.05) is 4.90 Å². The first kappa shape index (κ1) is 13.9. The number of hydrogen-bond acceptors (Lipinski definition) is 2. The van der Waals surface area contributed by atoms with Crippen molar-refractivity contribution in [3.63, 3.8) is 0 Å². The van der Waals surface area contributed by atoms with Crippen LogP contribution in [0.4, 0.5) is 5.69 Å². The number of anilines is 1. The molecule has 0 aliphatic carbocycles. The Labute approximate surface area is 119 Å². The molecule has 0 heterocycles. The van der Waals surface area contributed by atoms with Gasteiger partial charge in [0.1, 0.15) is 0 Å². The lowest BCUT2D eigenvalue weighted by molar-refractivity contribution is -0.124. The fourth-order valence-electron chi connectivity index (χ4n) is 1.28. The first-order valence-corrected chi connectivity index (χ1v) is 6.68. The third-order valence-electron chi connectivity index (χ3n) is 1.84. The van der Waals surface area contributed by atoms with Gasteiger partial charge in [0.2, 0.25) is 11.8 Å². The largest absolute Gasteiger partial charge is 0.274 e. The molecule has 16 heavy (non-hydrogen) atoms. The SMILES string of the molecule is CC(=O)N(C(C)=O)c1c(Br)cc(Br)cc1Br. The van der Waals surface area contributed by atoms with E-state index in [9.17, 15) is 9.59 Å². The molecule has 0 atom stereocenters. The minimum atomic E-state index is -0.323. The van der Waals surface area contributed by atoms with E-state index in [2.05, 4.69) is 47.8 Å². The maximum Gasteiger partial charge on any atom is 0.230 e. The molecule has 1 rings (SSSR count). The highest BCUT2D eigenvalue weighted by Crippen LogP contribution is 2.37. The number of halogens is 3. The smallest absolute Gasteiger partial charge is 0.230 e. The van der Waals surface area contributed by atoms with Gasteiger partial charge in [-0.05, 0) is 44.0 Å². The highest BCUT2D eigenvalue weighted by atomic mass is 79.9. The van der Waals surface area contributed by atoms with E-state index in [1.54, 1.807) is 12.1 Å². The van der Waals surface area contributed by atoms with Crippen LogP contribution < -0.4 is 4.90 Å². The Bertz CT molecular complexity index is 422. The van der Waals surface area contributed by atoms with E-state index in [-0.39, 0.29) is 11.8 Å². The molecule has 6 heteroatoms. The van der Waals surface area contributed by atoms with Gasteiger partial charge < -0.3 is 0 Å². The van der Waals surface area contributed by atoms with Crippen molar-refractivity contribution >= 4 is 65.3 Å². The van der Waals surface area contributed by atoms with Crippen molar-refractivity contribution in [3.8, 4) is 0 Å². The normalized spacial score (nSPS) is 10.1. The van der Waals surface area contributed by atoms with Gasteiger partial charge in [-0.25, -0.2) is 4.90 Å². The fraction of sp³-hybridized carbons (Fsp3) is 0.200. The Hall–Kier alpha value is -0.200. The van der Waals surface area contributed by atoms with Crippen LogP contribution in [0.5, 0.6) is 0 Å². The molecule has 86 valence electrons. The van der Waals surface area contributed by atoms with E-state index < -0.39 is 0 Å². The topological polar surface area (TPSA) is 37.4 Å². The summed E-state index contributed by atoms with van der Waals surface area (Å²) in [4.78, 5) is 24.0. The van der Waals surface area contributed by atoms with Gasteiger partial charge in [-0.2, -0.15) is 0 Å². The van der Waals surface area contributed by atoms with Gasteiger partial charge >= 0.3 is 0 Å². The summed E-state index contributed by atoms with van der Waals surface area (Å²) >= 11 is 9.98. The lowest BCUT2D eigenvalue weighted by atomic mass is 10.3. The summed E-state index contributed by atoms with van der Waals surface area (Å²) in [7, 11) is 0. The molecular formula is C10H8Br3NO2. The quantitative estimate of drug-likeness (QED) is 0.700. The zero-order valence-electron chi connectivity index (χ0n) is 8.55. The number of nitrogens with zero attached hydrogens (tertiary/aromatic N) is 1. The van der Waals surface area contributed by atoms with E-state index in [4.69, 9.17) is 0 Å². The molecule has 1 aromatic carbocycles. The summed E-state index contributed by atoms with van der Waals surface area (Å²) in [6.07, 6.45) is 0. The van der Waals surface area contributed by atoms with Crippen molar-refractivity contribution in [1.82, 2.24) is 0 Å². The molecule has 0 spiro atoms. The van der Waals surface area contributed by atoms with Gasteiger partial charge in [0.05, 0.1) is 5.69 Å². The molecule has 0 bridgehead atoms. The molecule has 0 fully saturated rings. The lowest BCUT2D eigenvalue weighted by Crippen LogP contribution is -2.33. The van der Waals surface area contributed by atoms with Crippen molar-refractivity contribution < 1.29 is 9.59 Å². The molecule has 0 aromatic heterocycles. The highest BCUT2D eigenvalue weighted by Gasteiger charge is 2.21. The van der Waals surface area contributed by atoms with Gasteiger partial charge in [0.25, 0.3) is 0 Å². The van der Waals surface area contributed by atoms with Crippen LogP contribution in [0.1, 0.15) is 13.8 Å². The van der Waals surface area contributed by atoms with Gasteiger partial charge in [-0.15, -0.1) is 0 Å². The predicted octanol–water partition coefficient (Wildman–Crippen LogP) is 3.87. The first-order chi connectivity index (χ1) is 7.34. The third kappa shape index (κ3) is 2.93. The van der Waals surface area contributed by atoms with Crippen LogP contribution >= 0.6 is 47.8 Å². The van der Waals surface area contributed by atoms with Gasteiger partial charge in [-0.3, -0.25) is 9.59 Å². The Kier molecular flexibility index (Phi) is 4.70. The second-order valence-corrected chi connectivity index (χ2v) is 5.72. The number of rotatable bonds is 1. The van der Waals surface area contributed by atoms with Gasteiger partial charge in [0.15, 0.2) is 0 Å². The van der Waals surface area contributed by atoms with Crippen molar-refractivity contribution in [2.24, 2.45) is 0 Å². The maximum atomic E-state index is 11.4. The number of benzene rings is 1. The third-order valence-corrected chi connectivity index (χ3v) is 3.50. The molecule has 0 aliphatic rings. The molecule has 0 unspecified atom stereocenters. The Morgan fingerprint density at radius 3 is 1.69 bits per heavy atom. The van der Waals surface area contributed by atoms with Crippen LogP contribution in [0.3, 0.4) is 0 Å². The standard InChI is InChI=1S/C10H8Br3NO2/c1-5(15)14(6(2)16)10-8(12)3-7(11)4-9(10)13/h3-4H,1-2H3. The second kappa shape index (κ2) is 5.42. The number of amides is 2. The lowest BCUT2D eigenvalue weighted by Gasteiger charge is -2.20. The predicted molar refractivity (Wildman–Crippen MR) is 73.4 cm³/mol. The first-order valence-electron chi connectivity index (χ1n) is 4.30. The van der Waals surface area contributed by atoms with E-state index in [0.717, 1.165) is 9.37 Å². The van der Waals surface area contributed by atoms with E-state index >= 15 is 0 Å². The zero-order valence-corrected chi connectivity index (χ0v) is 13.3. The summed E-state index contributed by atoms with van der Waals surface area (Å²) in [5.74, 6) is -0.646. The highest BCUT2D eigenvalue weighted by molar-refractivity contribution is 9.11. The molecule has 0 saturated heterocycles. The van der Waals surface area contributed by atoms with Gasteiger partial charge in [-0.1, -0.05) is 15.9 Å². The number of carbonyl (C=O) groups is 2. The molecular weight excluding hydrogens is 406 g/mol. The zero-order chi connectivity index (χ0) is 12.5. The minimum Gasteiger partial charge on any atom is -0.274 e. The van der Waals surface area contributed by atoms with Gasteiger partial charge in [0, 0.05) is 27.3 Å². The summed E-state index contributed by atoms with van der Waals surface area (Å²) < 4.78 is 2.18. The van der Waals surface area contributed by atoms with Crippen LogP contribution in [-0.4, -0.2) is 11.8 Å². The molecule has 1 aromatic rings. The molecule has 0 aliphatic heterocycles. The van der Waals surface area contributed by atoms with Crippen LogP contribution in [-0.2, 0) is 9.59 Å².